The number of methoxy groups -OCH3 is 1. The highest BCUT2D eigenvalue weighted by Gasteiger charge is 2.26. The van der Waals surface area contributed by atoms with Crippen LogP contribution in [0.15, 0.2) is 18.2 Å². The predicted molar refractivity (Wildman–Crippen MR) is 110 cm³/mol. The highest BCUT2D eigenvalue weighted by molar-refractivity contribution is 7.18. The average Bonchev–Trinajstić information content (AvgIpc) is 3.07. The standard InChI is InChI=1S/C20H21FN2O7S/c1-5-29-20(27)15-10(2)16(17(25)22-3)31-18(15)23-14(24)9-30-19(26)11-6-7-13(28-4)12(21)8-11/h6-8H,5,9H2,1-4H3,(H,22,25)(H,23,24). The number of halogens is 1. The van der Waals surface area contributed by atoms with Gasteiger partial charge in [-0.1, -0.05) is 0 Å². The van der Waals surface area contributed by atoms with Gasteiger partial charge in [0.2, 0.25) is 0 Å². The Hall–Kier alpha value is -3.47. The number of carbonyl (C=O) groups excluding carboxylic acids is 4. The van der Waals surface area contributed by atoms with Gasteiger partial charge in [-0.25, -0.2) is 14.0 Å². The lowest BCUT2D eigenvalue weighted by Crippen LogP contribution is -2.22. The molecule has 0 radical (unpaired) electrons. The maximum atomic E-state index is 13.7. The van der Waals surface area contributed by atoms with Gasteiger partial charge in [-0.2, -0.15) is 0 Å². The molecule has 2 rings (SSSR count). The lowest BCUT2D eigenvalue weighted by atomic mass is 10.1. The molecule has 0 saturated carbocycles. The molecule has 0 atom stereocenters. The summed E-state index contributed by atoms with van der Waals surface area (Å²) in [6.07, 6.45) is 0. The van der Waals surface area contributed by atoms with Crippen LogP contribution in [0, 0.1) is 12.7 Å². The zero-order valence-corrected chi connectivity index (χ0v) is 18.1. The third-order valence-electron chi connectivity index (χ3n) is 4.03. The van der Waals surface area contributed by atoms with Crippen molar-refractivity contribution >= 4 is 40.1 Å². The van der Waals surface area contributed by atoms with E-state index >= 15 is 0 Å². The first-order valence-corrected chi connectivity index (χ1v) is 9.88. The Balaban J connectivity index is 2.14. The molecule has 166 valence electrons. The molecule has 0 bridgehead atoms. The number of nitrogens with one attached hydrogen (secondary N) is 2. The van der Waals surface area contributed by atoms with Gasteiger partial charge in [0.1, 0.15) is 5.00 Å². The highest BCUT2D eigenvalue weighted by atomic mass is 32.1. The molecule has 2 amide bonds. The second kappa shape index (κ2) is 10.5. The van der Waals surface area contributed by atoms with Crippen molar-refractivity contribution in [3.8, 4) is 5.75 Å². The van der Waals surface area contributed by atoms with E-state index in [2.05, 4.69) is 10.6 Å². The summed E-state index contributed by atoms with van der Waals surface area (Å²) in [6, 6.07) is 3.47. The zero-order valence-electron chi connectivity index (χ0n) is 17.3. The van der Waals surface area contributed by atoms with Crippen LogP contribution < -0.4 is 15.4 Å². The molecule has 1 aromatic carbocycles. The van der Waals surface area contributed by atoms with Crippen LogP contribution >= 0.6 is 11.3 Å². The Labute approximate surface area is 181 Å². The average molecular weight is 452 g/mol. The number of benzene rings is 1. The molecule has 9 nitrogen and oxygen atoms in total. The van der Waals surface area contributed by atoms with Gasteiger partial charge < -0.3 is 24.8 Å². The first kappa shape index (κ1) is 23.8. The van der Waals surface area contributed by atoms with Crippen molar-refractivity contribution in [2.45, 2.75) is 13.8 Å². The van der Waals surface area contributed by atoms with Crippen LogP contribution in [0.25, 0.3) is 0 Å². The first-order chi connectivity index (χ1) is 14.7. The van der Waals surface area contributed by atoms with Crippen LogP contribution in [0.1, 0.15) is 42.9 Å². The molecule has 0 unspecified atom stereocenters. The number of ether oxygens (including phenoxy) is 3. The molecule has 11 heteroatoms. The lowest BCUT2D eigenvalue weighted by Gasteiger charge is -2.08. The van der Waals surface area contributed by atoms with Gasteiger partial charge in [0.25, 0.3) is 11.8 Å². The minimum Gasteiger partial charge on any atom is -0.494 e. The van der Waals surface area contributed by atoms with Gasteiger partial charge in [0.15, 0.2) is 18.2 Å². The topological polar surface area (TPSA) is 120 Å². The Kier molecular flexibility index (Phi) is 8.08. The molecule has 31 heavy (non-hydrogen) atoms. The summed E-state index contributed by atoms with van der Waals surface area (Å²) < 4.78 is 28.4. The SMILES string of the molecule is CCOC(=O)c1c(NC(=O)COC(=O)c2ccc(OC)c(F)c2)sc(C(=O)NC)c1C. The van der Waals surface area contributed by atoms with Crippen LogP contribution in [-0.4, -0.2) is 51.1 Å². The minimum absolute atomic E-state index is 0.0410. The molecule has 1 aromatic heterocycles. The van der Waals surface area contributed by atoms with Gasteiger partial charge >= 0.3 is 11.9 Å². The van der Waals surface area contributed by atoms with Crippen LogP contribution in [-0.2, 0) is 14.3 Å². The van der Waals surface area contributed by atoms with Gasteiger partial charge in [0, 0.05) is 7.05 Å². The monoisotopic (exact) mass is 452 g/mol. The molecule has 0 aliphatic rings. The number of amides is 2. The van der Waals surface area contributed by atoms with E-state index in [0.717, 1.165) is 17.4 Å². The summed E-state index contributed by atoms with van der Waals surface area (Å²) in [5, 5.41) is 5.00. The predicted octanol–water partition coefficient (Wildman–Crippen LogP) is 2.54. The Morgan fingerprint density at radius 1 is 1.13 bits per heavy atom. The van der Waals surface area contributed by atoms with Crippen molar-refractivity contribution in [3.63, 3.8) is 0 Å². The largest absolute Gasteiger partial charge is 0.494 e. The normalized spacial score (nSPS) is 10.2. The summed E-state index contributed by atoms with van der Waals surface area (Å²) in [5.41, 5.74) is 0.290. The highest BCUT2D eigenvalue weighted by Crippen LogP contribution is 2.33. The molecule has 0 aliphatic heterocycles. The van der Waals surface area contributed by atoms with E-state index in [9.17, 15) is 23.6 Å². The smallest absolute Gasteiger partial charge is 0.341 e. The Bertz CT molecular complexity index is 1020. The van der Waals surface area contributed by atoms with Crippen molar-refractivity contribution in [3.05, 3.63) is 45.6 Å². The van der Waals surface area contributed by atoms with E-state index in [-0.39, 0.29) is 33.4 Å². The molecule has 0 saturated heterocycles. The van der Waals surface area contributed by atoms with Crippen molar-refractivity contribution < 1.29 is 37.8 Å². The molecule has 2 N–H and O–H groups in total. The van der Waals surface area contributed by atoms with Gasteiger partial charge in [-0.3, -0.25) is 9.59 Å². The van der Waals surface area contributed by atoms with E-state index in [1.165, 1.54) is 26.3 Å². The molecular formula is C20H21FN2O7S. The molecule has 0 fully saturated rings. The fourth-order valence-corrected chi connectivity index (χ4v) is 3.71. The van der Waals surface area contributed by atoms with Gasteiger partial charge in [-0.15, -0.1) is 11.3 Å². The fourth-order valence-electron chi connectivity index (χ4n) is 2.55. The summed E-state index contributed by atoms with van der Waals surface area (Å²) in [5.74, 6) is -3.60. The van der Waals surface area contributed by atoms with Crippen LogP contribution in [0.3, 0.4) is 0 Å². The van der Waals surface area contributed by atoms with E-state index in [0.29, 0.717) is 5.56 Å². The van der Waals surface area contributed by atoms with E-state index in [1.54, 1.807) is 13.8 Å². The zero-order chi connectivity index (χ0) is 23.1. The first-order valence-electron chi connectivity index (χ1n) is 9.06. The van der Waals surface area contributed by atoms with Gasteiger partial charge in [-0.05, 0) is 37.6 Å². The Morgan fingerprint density at radius 2 is 1.84 bits per heavy atom. The third-order valence-corrected chi connectivity index (χ3v) is 5.24. The quantitative estimate of drug-likeness (QED) is 0.591. The van der Waals surface area contributed by atoms with Crippen LogP contribution in [0.4, 0.5) is 9.39 Å². The maximum Gasteiger partial charge on any atom is 0.341 e. The van der Waals surface area contributed by atoms with Crippen molar-refractivity contribution in [1.82, 2.24) is 5.32 Å². The van der Waals surface area contributed by atoms with Crippen LogP contribution in [0.5, 0.6) is 5.75 Å². The number of carbonyl (C=O) groups is 4. The van der Waals surface area contributed by atoms with Crippen molar-refractivity contribution in [2.24, 2.45) is 0 Å². The second-order valence-corrected chi connectivity index (χ2v) is 7.05. The molecule has 0 aliphatic carbocycles. The molecule has 1 heterocycles. The van der Waals surface area contributed by atoms with E-state index in [4.69, 9.17) is 14.2 Å². The molecule has 2 aromatic rings. The van der Waals surface area contributed by atoms with Crippen molar-refractivity contribution in [2.75, 3.05) is 32.7 Å². The summed E-state index contributed by atoms with van der Waals surface area (Å²) in [7, 11) is 2.72. The number of rotatable bonds is 8. The lowest BCUT2D eigenvalue weighted by molar-refractivity contribution is -0.119. The number of hydrogen-bond acceptors (Lipinski definition) is 8. The van der Waals surface area contributed by atoms with E-state index < -0.39 is 36.2 Å². The van der Waals surface area contributed by atoms with E-state index in [1.807, 2.05) is 0 Å². The second-order valence-electron chi connectivity index (χ2n) is 6.03. The summed E-state index contributed by atoms with van der Waals surface area (Å²) in [6.45, 7) is 2.59. The molecular weight excluding hydrogens is 431 g/mol. The number of hydrogen-bond donors (Lipinski definition) is 2. The number of thiophene rings is 1. The summed E-state index contributed by atoms with van der Waals surface area (Å²) >= 11 is 0.889. The van der Waals surface area contributed by atoms with Crippen molar-refractivity contribution in [1.29, 1.82) is 0 Å². The Morgan fingerprint density at radius 3 is 2.42 bits per heavy atom. The number of esters is 2. The van der Waals surface area contributed by atoms with Crippen LogP contribution in [0.2, 0.25) is 0 Å². The molecule has 0 spiro atoms. The minimum atomic E-state index is -0.921. The number of anilines is 1. The fraction of sp³-hybridized carbons (Fsp3) is 0.300. The van der Waals surface area contributed by atoms with Gasteiger partial charge in [0.05, 0.1) is 29.7 Å². The summed E-state index contributed by atoms with van der Waals surface area (Å²) in [4.78, 5) is 48.9. The third kappa shape index (κ3) is 5.57. The maximum absolute atomic E-state index is 13.7.